The Morgan fingerprint density at radius 3 is 2.71 bits per heavy atom. The Morgan fingerprint density at radius 2 is 1.97 bits per heavy atom. The van der Waals surface area contributed by atoms with Crippen LogP contribution >= 0.6 is 0 Å². The quantitative estimate of drug-likeness (QED) is 0.435. The first-order chi connectivity index (χ1) is 16.6. The van der Waals surface area contributed by atoms with Crippen molar-refractivity contribution in [2.45, 2.75) is 39.3 Å². The summed E-state index contributed by atoms with van der Waals surface area (Å²) in [6.45, 7) is 8.18. The van der Waals surface area contributed by atoms with Crippen molar-refractivity contribution >= 4 is 11.2 Å². The van der Waals surface area contributed by atoms with E-state index in [1.807, 2.05) is 24.6 Å². The first kappa shape index (κ1) is 21.2. The molecule has 0 radical (unpaired) electrons. The topological polar surface area (TPSA) is 86.8 Å². The van der Waals surface area contributed by atoms with Gasteiger partial charge in [-0.15, -0.1) is 0 Å². The average Bonchev–Trinajstić information content (AvgIpc) is 3.46. The third-order valence-corrected chi connectivity index (χ3v) is 6.94. The molecule has 3 aliphatic heterocycles. The van der Waals surface area contributed by atoms with E-state index in [0.717, 1.165) is 12.1 Å². The van der Waals surface area contributed by atoms with E-state index < -0.39 is 5.82 Å². The maximum atomic E-state index is 14.0. The number of nitrogens with zero attached hydrogens (tertiary/aromatic N) is 8. The number of hydrogen-bond acceptors (Lipinski definition) is 7. The minimum atomic E-state index is -0.413. The Bertz CT molecular complexity index is 1340. The van der Waals surface area contributed by atoms with Gasteiger partial charge in [0.1, 0.15) is 17.2 Å². The lowest BCUT2D eigenvalue weighted by molar-refractivity contribution is 0.0512. The van der Waals surface area contributed by atoms with Gasteiger partial charge in [0.15, 0.2) is 5.65 Å². The van der Waals surface area contributed by atoms with Crippen molar-refractivity contribution in [2.24, 2.45) is 5.92 Å². The smallest absolute Gasteiger partial charge is 0.318 e. The number of piperidine rings is 3. The Kier molecular flexibility index (Phi) is 5.24. The molecular weight excluding hydrogens is 435 g/mol. The van der Waals surface area contributed by atoms with Crippen LogP contribution in [-0.2, 0) is 6.54 Å². The highest BCUT2D eigenvalue weighted by atomic mass is 19.1. The third-order valence-electron chi connectivity index (χ3n) is 6.94. The van der Waals surface area contributed by atoms with E-state index in [1.165, 1.54) is 38.2 Å². The number of ether oxygens (including phenoxy) is 1. The van der Waals surface area contributed by atoms with E-state index in [1.54, 1.807) is 6.20 Å². The number of pyridine rings is 1. The summed E-state index contributed by atoms with van der Waals surface area (Å²) >= 11 is 0. The van der Waals surface area contributed by atoms with Crippen LogP contribution in [0.25, 0.3) is 22.6 Å². The second-order valence-electron chi connectivity index (χ2n) is 9.14. The van der Waals surface area contributed by atoms with Crippen LogP contribution in [0.3, 0.4) is 0 Å². The molecule has 7 rings (SSSR count). The van der Waals surface area contributed by atoms with Crippen LogP contribution in [0.4, 0.5) is 4.39 Å². The number of aromatic nitrogens is 7. The van der Waals surface area contributed by atoms with Crippen molar-refractivity contribution in [3.63, 3.8) is 0 Å². The number of rotatable bonds is 6. The first-order valence-electron chi connectivity index (χ1n) is 11.8. The van der Waals surface area contributed by atoms with E-state index in [4.69, 9.17) is 14.8 Å². The maximum Gasteiger partial charge on any atom is 0.318 e. The minimum Gasteiger partial charge on any atom is -0.464 e. The fourth-order valence-corrected chi connectivity index (χ4v) is 5.27. The molecule has 0 amide bonds. The van der Waals surface area contributed by atoms with Gasteiger partial charge in [0, 0.05) is 30.1 Å². The van der Waals surface area contributed by atoms with Crippen molar-refractivity contribution in [1.29, 1.82) is 0 Å². The third kappa shape index (κ3) is 3.71. The van der Waals surface area contributed by atoms with Gasteiger partial charge in [0.05, 0.1) is 37.3 Å². The normalized spacial score (nSPS) is 21.9. The summed E-state index contributed by atoms with van der Waals surface area (Å²) in [6, 6.07) is 2.16. The monoisotopic (exact) mass is 462 g/mol. The highest BCUT2D eigenvalue weighted by Crippen LogP contribution is 2.35. The number of imidazole rings is 1. The largest absolute Gasteiger partial charge is 0.464 e. The maximum absolute atomic E-state index is 14.0. The lowest BCUT2D eigenvalue weighted by Gasteiger charge is -2.44. The van der Waals surface area contributed by atoms with Crippen LogP contribution < -0.4 is 4.74 Å². The lowest BCUT2D eigenvalue weighted by atomic mass is 9.84. The molecule has 3 saturated heterocycles. The molecule has 176 valence electrons. The van der Waals surface area contributed by atoms with Gasteiger partial charge >= 0.3 is 6.01 Å². The fraction of sp³-hybridized carbons (Fsp3) is 0.458. The second kappa shape index (κ2) is 8.43. The van der Waals surface area contributed by atoms with E-state index in [0.29, 0.717) is 59.4 Å². The average molecular weight is 463 g/mol. The number of aryl methyl sites for hydroxylation is 1. The molecule has 1 unspecified atom stereocenters. The van der Waals surface area contributed by atoms with Gasteiger partial charge in [0.25, 0.3) is 0 Å². The predicted octanol–water partition coefficient (Wildman–Crippen LogP) is 3.25. The number of halogens is 1. The Balaban J connectivity index is 1.41. The molecule has 3 fully saturated rings. The van der Waals surface area contributed by atoms with Crippen LogP contribution in [0.15, 0.2) is 30.9 Å². The Labute approximate surface area is 196 Å². The zero-order chi connectivity index (χ0) is 23.2. The molecule has 4 aromatic rings. The highest BCUT2D eigenvalue weighted by Gasteiger charge is 2.35. The van der Waals surface area contributed by atoms with Gasteiger partial charge in [-0.05, 0) is 51.8 Å². The molecule has 10 heteroatoms. The lowest BCUT2D eigenvalue weighted by Crippen LogP contribution is -2.48. The van der Waals surface area contributed by atoms with Crippen molar-refractivity contribution in [3.8, 4) is 17.4 Å². The molecule has 0 N–H and O–H groups in total. The SMILES string of the molecule is CCOc1nc(C)c2nc(-c3cncc(F)c3)n(Cc3cnn(C4CN5CCC4CC5)c3)c2n1. The highest BCUT2D eigenvalue weighted by molar-refractivity contribution is 5.79. The summed E-state index contributed by atoms with van der Waals surface area (Å²) in [7, 11) is 0. The molecule has 7 heterocycles. The second-order valence-corrected chi connectivity index (χ2v) is 9.14. The van der Waals surface area contributed by atoms with Crippen molar-refractivity contribution in [2.75, 3.05) is 26.2 Å². The van der Waals surface area contributed by atoms with Gasteiger partial charge in [-0.2, -0.15) is 15.1 Å². The van der Waals surface area contributed by atoms with Crippen LogP contribution in [-0.4, -0.2) is 65.4 Å². The van der Waals surface area contributed by atoms with Crippen molar-refractivity contribution < 1.29 is 9.13 Å². The molecule has 2 bridgehead atoms. The number of hydrogen-bond donors (Lipinski definition) is 0. The minimum absolute atomic E-state index is 0.306. The van der Waals surface area contributed by atoms with E-state index >= 15 is 0 Å². The van der Waals surface area contributed by atoms with Gasteiger partial charge in [0.2, 0.25) is 0 Å². The molecule has 0 saturated carbocycles. The molecule has 0 spiro atoms. The summed E-state index contributed by atoms with van der Waals surface area (Å²) < 4.78 is 23.7. The van der Waals surface area contributed by atoms with Crippen molar-refractivity contribution in [3.05, 3.63) is 47.9 Å². The van der Waals surface area contributed by atoms with Gasteiger partial charge in [-0.3, -0.25) is 9.67 Å². The molecule has 0 aromatic carbocycles. The van der Waals surface area contributed by atoms with E-state index in [2.05, 4.69) is 30.7 Å². The van der Waals surface area contributed by atoms with Crippen LogP contribution in [0.5, 0.6) is 6.01 Å². The molecule has 1 atom stereocenters. The summed E-state index contributed by atoms with van der Waals surface area (Å²) in [5.41, 5.74) is 3.63. The zero-order valence-electron chi connectivity index (χ0n) is 19.4. The molecule has 3 aliphatic rings. The Hall–Kier alpha value is -3.40. The standard InChI is InChI=1S/C24H27FN8O/c1-3-34-24-28-15(2)21-23(30-24)32(22(29-21)18-8-19(25)11-26-10-18)12-16-9-27-33(13-16)20-14-31-6-4-17(20)5-7-31/h8-11,13,17,20H,3-7,12,14H2,1-2H3. The predicted molar refractivity (Wildman–Crippen MR) is 124 cm³/mol. The fourth-order valence-electron chi connectivity index (χ4n) is 5.27. The molecule has 34 heavy (non-hydrogen) atoms. The summed E-state index contributed by atoms with van der Waals surface area (Å²) in [4.78, 5) is 20.4. The van der Waals surface area contributed by atoms with Crippen LogP contribution in [0.2, 0.25) is 0 Å². The summed E-state index contributed by atoms with van der Waals surface area (Å²) in [5, 5.41) is 4.73. The van der Waals surface area contributed by atoms with E-state index in [-0.39, 0.29) is 0 Å². The van der Waals surface area contributed by atoms with E-state index in [9.17, 15) is 4.39 Å². The molecule has 9 nitrogen and oxygen atoms in total. The van der Waals surface area contributed by atoms with Crippen molar-refractivity contribution in [1.82, 2.24) is 39.2 Å². The Morgan fingerprint density at radius 1 is 1.12 bits per heavy atom. The van der Waals surface area contributed by atoms with Gasteiger partial charge in [-0.1, -0.05) is 0 Å². The van der Waals surface area contributed by atoms with Gasteiger partial charge in [-0.25, -0.2) is 9.37 Å². The van der Waals surface area contributed by atoms with Crippen LogP contribution in [0.1, 0.15) is 37.1 Å². The summed E-state index contributed by atoms with van der Waals surface area (Å²) in [5.74, 6) is 0.859. The van der Waals surface area contributed by atoms with Crippen LogP contribution in [0, 0.1) is 18.7 Å². The first-order valence-corrected chi connectivity index (χ1v) is 11.8. The molecule has 0 aliphatic carbocycles. The molecule has 4 aromatic heterocycles. The zero-order valence-corrected chi connectivity index (χ0v) is 19.4. The van der Waals surface area contributed by atoms with Gasteiger partial charge < -0.3 is 14.2 Å². The molecular formula is C24H27FN8O. The summed E-state index contributed by atoms with van der Waals surface area (Å²) in [6.07, 6.45) is 9.31. The number of fused-ring (bicyclic) bond motifs is 4.